The summed E-state index contributed by atoms with van der Waals surface area (Å²) in [5.41, 5.74) is 1.12. The van der Waals surface area contributed by atoms with Gasteiger partial charge in [-0.1, -0.05) is 0 Å². The van der Waals surface area contributed by atoms with Gasteiger partial charge in [-0.3, -0.25) is 0 Å². The molecule has 0 aliphatic rings. The maximum absolute atomic E-state index is 5.37. The van der Waals surface area contributed by atoms with Gasteiger partial charge < -0.3 is 14.8 Å². The molecule has 3 heteroatoms. The number of hydrogen-bond donors (Lipinski definition) is 1. The monoisotopic (exact) mass is 223 g/mol. The van der Waals surface area contributed by atoms with Crippen LogP contribution in [0.15, 0.2) is 24.3 Å². The van der Waals surface area contributed by atoms with Crippen molar-refractivity contribution in [3.05, 3.63) is 24.3 Å². The first kappa shape index (κ1) is 12.8. The van der Waals surface area contributed by atoms with Crippen LogP contribution >= 0.6 is 0 Å². The highest BCUT2D eigenvalue weighted by atomic mass is 16.5. The highest BCUT2D eigenvalue weighted by molar-refractivity contribution is 5.46. The lowest BCUT2D eigenvalue weighted by atomic mass is 10.3. The molecule has 0 spiro atoms. The maximum Gasteiger partial charge on any atom is 0.119 e. The topological polar surface area (TPSA) is 30.5 Å². The molecule has 1 rings (SSSR count). The molecule has 0 radical (unpaired) electrons. The third kappa shape index (κ3) is 5.03. The summed E-state index contributed by atoms with van der Waals surface area (Å²) in [6.07, 6.45) is 1.03. The van der Waals surface area contributed by atoms with Crippen LogP contribution < -0.4 is 10.1 Å². The molecule has 0 unspecified atom stereocenters. The number of hydrogen-bond acceptors (Lipinski definition) is 3. The Hall–Kier alpha value is -1.22. The summed E-state index contributed by atoms with van der Waals surface area (Å²) < 4.78 is 10.6. The minimum atomic E-state index is 0.709. The zero-order valence-electron chi connectivity index (χ0n) is 10.2. The Labute approximate surface area is 97.8 Å². The summed E-state index contributed by atoms with van der Waals surface area (Å²) in [7, 11) is 0. The van der Waals surface area contributed by atoms with Crippen LogP contribution in [-0.4, -0.2) is 26.4 Å². The molecule has 0 heterocycles. The van der Waals surface area contributed by atoms with Crippen LogP contribution in [0, 0.1) is 0 Å². The van der Waals surface area contributed by atoms with E-state index in [4.69, 9.17) is 9.47 Å². The highest BCUT2D eigenvalue weighted by Gasteiger charge is 1.94. The molecule has 0 fully saturated rings. The number of benzene rings is 1. The van der Waals surface area contributed by atoms with Crippen LogP contribution in [0.3, 0.4) is 0 Å². The van der Waals surface area contributed by atoms with Crippen LogP contribution in [0.5, 0.6) is 5.75 Å². The molecular formula is C13H21NO2. The van der Waals surface area contributed by atoms with E-state index < -0.39 is 0 Å². The Morgan fingerprint density at radius 3 is 2.44 bits per heavy atom. The van der Waals surface area contributed by atoms with Gasteiger partial charge in [0.25, 0.3) is 0 Å². The first-order valence-corrected chi connectivity index (χ1v) is 5.91. The van der Waals surface area contributed by atoms with Gasteiger partial charge in [-0.05, 0) is 44.5 Å². The molecule has 0 atom stereocenters. The quantitative estimate of drug-likeness (QED) is 0.687. The summed E-state index contributed by atoms with van der Waals surface area (Å²) in [6, 6.07) is 8.03. The normalized spacial score (nSPS) is 10.1. The SMILES string of the molecule is CCOCCCNc1ccc(OCC)cc1. The molecule has 0 amide bonds. The van der Waals surface area contributed by atoms with Crippen LogP contribution in [0.1, 0.15) is 20.3 Å². The lowest BCUT2D eigenvalue weighted by Gasteiger charge is -2.07. The molecule has 0 aliphatic heterocycles. The molecule has 90 valence electrons. The van der Waals surface area contributed by atoms with Gasteiger partial charge >= 0.3 is 0 Å². The average Bonchev–Trinajstić information content (AvgIpc) is 2.31. The van der Waals surface area contributed by atoms with E-state index in [1.165, 1.54) is 0 Å². The first-order chi connectivity index (χ1) is 7.86. The second-order valence-corrected chi connectivity index (χ2v) is 3.43. The van der Waals surface area contributed by atoms with E-state index >= 15 is 0 Å². The molecule has 1 aromatic rings. The van der Waals surface area contributed by atoms with Gasteiger partial charge in [0, 0.05) is 25.4 Å². The number of nitrogens with one attached hydrogen (secondary N) is 1. The predicted molar refractivity (Wildman–Crippen MR) is 67.2 cm³/mol. The number of ether oxygens (including phenoxy) is 2. The third-order valence-electron chi connectivity index (χ3n) is 2.16. The van der Waals surface area contributed by atoms with Gasteiger partial charge in [0.05, 0.1) is 6.61 Å². The lowest BCUT2D eigenvalue weighted by Crippen LogP contribution is -2.05. The minimum absolute atomic E-state index is 0.709. The van der Waals surface area contributed by atoms with Crippen molar-refractivity contribution in [3.63, 3.8) is 0 Å². The van der Waals surface area contributed by atoms with Gasteiger partial charge in [-0.15, -0.1) is 0 Å². The molecule has 0 bridgehead atoms. The van der Waals surface area contributed by atoms with Gasteiger partial charge in [-0.2, -0.15) is 0 Å². The van der Waals surface area contributed by atoms with Crippen LogP contribution in [0.25, 0.3) is 0 Å². The van der Waals surface area contributed by atoms with E-state index in [-0.39, 0.29) is 0 Å². The average molecular weight is 223 g/mol. The van der Waals surface area contributed by atoms with Crippen molar-refractivity contribution in [2.45, 2.75) is 20.3 Å². The molecule has 3 nitrogen and oxygen atoms in total. The second-order valence-electron chi connectivity index (χ2n) is 3.43. The van der Waals surface area contributed by atoms with Gasteiger partial charge in [0.2, 0.25) is 0 Å². The Morgan fingerprint density at radius 2 is 1.81 bits per heavy atom. The maximum atomic E-state index is 5.37. The van der Waals surface area contributed by atoms with E-state index in [9.17, 15) is 0 Å². The van der Waals surface area contributed by atoms with Crippen LogP contribution in [0.2, 0.25) is 0 Å². The van der Waals surface area contributed by atoms with E-state index in [1.54, 1.807) is 0 Å². The molecule has 1 N–H and O–H groups in total. The van der Waals surface area contributed by atoms with E-state index in [2.05, 4.69) is 5.32 Å². The van der Waals surface area contributed by atoms with E-state index in [0.29, 0.717) is 6.61 Å². The molecule has 0 saturated carbocycles. The van der Waals surface area contributed by atoms with Crippen molar-refractivity contribution in [1.82, 2.24) is 0 Å². The Morgan fingerprint density at radius 1 is 1.06 bits per heavy atom. The van der Waals surface area contributed by atoms with Gasteiger partial charge in [0.15, 0.2) is 0 Å². The fraction of sp³-hybridized carbons (Fsp3) is 0.538. The molecular weight excluding hydrogens is 202 g/mol. The van der Waals surface area contributed by atoms with Gasteiger partial charge in [0.1, 0.15) is 5.75 Å². The molecule has 1 aromatic carbocycles. The summed E-state index contributed by atoms with van der Waals surface area (Å²) in [4.78, 5) is 0. The summed E-state index contributed by atoms with van der Waals surface area (Å²) in [5.74, 6) is 0.919. The number of anilines is 1. The minimum Gasteiger partial charge on any atom is -0.494 e. The van der Waals surface area contributed by atoms with Crippen molar-refractivity contribution < 1.29 is 9.47 Å². The van der Waals surface area contributed by atoms with Crippen molar-refractivity contribution >= 4 is 5.69 Å². The summed E-state index contributed by atoms with van der Waals surface area (Å²) in [5, 5.41) is 3.34. The van der Waals surface area contributed by atoms with E-state index in [1.807, 2.05) is 38.1 Å². The van der Waals surface area contributed by atoms with E-state index in [0.717, 1.165) is 37.6 Å². The highest BCUT2D eigenvalue weighted by Crippen LogP contribution is 2.15. The Kier molecular flexibility index (Phi) is 6.42. The third-order valence-corrected chi connectivity index (χ3v) is 2.16. The van der Waals surface area contributed by atoms with Crippen molar-refractivity contribution in [3.8, 4) is 5.75 Å². The largest absolute Gasteiger partial charge is 0.494 e. The molecule has 16 heavy (non-hydrogen) atoms. The standard InChI is InChI=1S/C13H21NO2/c1-3-15-11-5-10-14-12-6-8-13(9-7-12)16-4-2/h6-9,14H,3-5,10-11H2,1-2H3. The smallest absolute Gasteiger partial charge is 0.119 e. The molecule has 0 aromatic heterocycles. The summed E-state index contributed by atoms with van der Waals surface area (Å²) in [6.45, 7) is 7.26. The van der Waals surface area contributed by atoms with Crippen molar-refractivity contribution in [2.75, 3.05) is 31.7 Å². The zero-order valence-corrected chi connectivity index (χ0v) is 10.2. The van der Waals surface area contributed by atoms with Crippen LogP contribution in [-0.2, 0) is 4.74 Å². The van der Waals surface area contributed by atoms with Crippen LogP contribution in [0.4, 0.5) is 5.69 Å². The zero-order chi connectivity index (χ0) is 11.6. The predicted octanol–water partition coefficient (Wildman–Crippen LogP) is 2.92. The fourth-order valence-corrected chi connectivity index (χ4v) is 1.39. The lowest BCUT2D eigenvalue weighted by molar-refractivity contribution is 0.147. The Balaban J connectivity index is 2.21. The Bertz CT molecular complexity index is 272. The van der Waals surface area contributed by atoms with Crippen molar-refractivity contribution in [2.24, 2.45) is 0 Å². The number of rotatable bonds is 8. The molecule has 0 aliphatic carbocycles. The molecule has 0 saturated heterocycles. The first-order valence-electron chi connectivity index (χ1n) is 5.91. The van der Waals surface area contributed by atoms with Crippen molar-refractivity contribution in [1.29, 1.82) is 0 Å². The summed E-state index contributed by atoms with van der Waals surface area (Å²) >= 11 is 0. The fourth-order valence-electron chi connectivity index (χ4n) is 1.39. The second kappa shape index (κ2) is 7.99. The van der Waals surface area contributed by atoms with Gasteiger partial charge in [-0.25, -0.2) is 0 Å².